The number of likely N-dealkylation sites (N-methyl/N-ethyl adjacent to an activating group) is 1. The van der Waals surface area contributed by atoms with Gasteiger partial charge in [0.05, 0.1) is 18.1 Å². The van der Waals surface area contributed by atoms with Gasteiger partial charge in [0, 0.05) is 39.4 Å². The highest BCUT2D eigenvalue weighted by molar-refractivity contribution is 5.85. The molecule has 2 saturated heterocycles. The summed E-state index contributed by atoms with van der Waals surface area (Å²) in [5, 5.41) is 0. The molecule has 0 spiro atoms. The van der Waals surface area contributed by atoms with Crippen molar-refractivity contribution in [3.63, 3.8) is 0 Å². The Morgan fingerprint density at radius 2 is 1.77 bits per heavy atom. The van der Waals surface area contributed by atoms with Crippen molar-refractivity contribution < 1.29 is 14.3 Å². The maximum atomic E-state index is 12.9. The van der Waals surface area contributed by atoms with Gasteiger partial charge in [-0.15, -0.1) is 24.8 Å². The van der Waals surface area contributed by atoms with E-state index < -0.39 is 5.41 Å². The molecular formula is C18H37Cl2N3O3. The summed E-state index contributed by atoms with van der Waals surface area (Å²) in [7, 11) is 0. The van der Waals surface area contributed by atoms with E-state index in [0.717, 1.165) is 65.0 Å². The van der Waals surface area contributed by atoms with Crippen LogP contribution in [-0.4, -0.2) is 80.9 Å². The SMILES string of the molecule is CCN(CC)CCOC1CCN(C(=O)C2(CN)CCOCC2)CC1.Cl.Cl. The minimum absolute atomic E-state index is 0. The van der Waals surface area contributed by atoms with E-state index in [0.29, 0.717) is 19.8 Å². The Labute approximate surface area is 170 Å². The second-order valence-electron chi connectivity index (χ2n) is 6.99. The van der Waals surface area contributed by atoms with Crippen molar-refractivity contribution in [1.82, 2.24) is 9.80 Å². The molecule has 0 aromatic heterocycles. The smallest absolute Gasteiger partial charge is 0.230 e. The first-order valence-electron chi connectivity index (χ1n) is 9.56. The predicted molar refractivity (Wildman–Crippen MR) is 109 cm³/mol. The largest absolute Gasteiger partial charge is 0.381 e. The molecule has 2 N–H and O–H groups in total. The zero-order valence-electron chi connectivity index (χ0n) is 16.3. The molecule has 156 valence electrons. The van der Waals surface area contributed by atoms with Crippen LogP contribution in [0.2, 0.25) is 0 Å². The minimum atomic E-state index is -0.394. The van der Waals surface area contributed by atoms with E-state index >= 15 is 0 Å². The van der Waals surface area contributed by atoms with Crippen LogP contribution in [0.15, 0.2) is 0 Å². The summed E-state index contributed by atoms with van der Waals surface area (Å²) >= 11 is 0. The van der Waals surface area contributed by atoms with E-state index in [9.17, 15) is 4.79 Å². The van der Waals surface area contributed by atoms with Gasteiger partial charge < -0.3 is 25.0 Å². The molecule has 0 radical (unpaired) electrons. The van der Waals surface area contributed by atoms with Crippen molar-refractivity contribution in [1.29, 1.82) is 0 Å². The summed E-state index contributed by atoms with van der Waals surface area (Å²) in [5.74, 6) is 0.231. The van der Waals surface area contributed by atoms with E-state index in [4.69, 9.17) is 15.2 Å². The van der Waals surface area contributed by atoms with Gasteiger partial charge in [-0.05, 0) is 38.8 Å². The molecule has 0 unspecified atom stereocenters. The van der Waals surface area contributed by atoms with Crippen molar-refractivity contribution in [3.8, 4) is 0 Å². The van der Waals surface area contributed by atoms with Gasteiger partial charge in [-0.2, -0.15) is 0 Å². The van der Waals surface area contributed by atoms with Crippen LogP contribution in [-0.2, 0) is 14.3 Å². The molecule has 0 atom stereocenters. The lowest BCUT2D eigenvalue weighted by Gasteiger charge is -2.41. The van der Waals surface area contributed by atoms with Crippen molar-refractivity contribution in [2.75, 3.05) is 59.1 Å². The highest BCUT2D eigenvalue weighted by Gasteiger charge is 2.42. The average molecular weight is 414 g/mol. The van der Waals surface area contributed by atoms with E-state index in [-0.39, 0.29) is 36.8 Å². The molecule has 2 aliphatic heterocycles. The molecule has 1 amide bonds. The number of ether oxygens (including phenoxy) is 2. The van der Waals surface area contributed by atoms with Gasteiger partial charge in [0.1, 0.15) is 0 Å². The molecule has 0 aromatic rings. The first-order chi connectivity index (χ1) is 11.6. The number of hydrogen-bond acceptors (Lipinski definition) is 5. The fourth-order valence-corrected chi connectivity index (χ4v) is 3.72. The van der Waals surface area contributed by atoms with Gasteiger partial charge in [0.2, 0.25) is 5.91 Å². The van der Waals surface area contributed by atoms with E-state index in [1.54, 1.807) is 0 Å². The quantitative estimate of drug-likeness (QED) is 0.658. The summed E-state index contributed by atoms with van der Waals surface area (Å²) in [5.41, 5.74) is 5.57. The summed E-state index contributed by atoms with van der Waals surface area (Å²) in [4.78, 5) is 17.3. The van der Waals surface area contributed by atoms with Gasteiger partial charge in [-0.25, -0.2) is 0 Å². The first kappa shape index (κ1) is 25.9. The van der Waals surface area contributed by atoms with Crippen LogP contribution in [0.25, 0.3) is 0 Å². The van der Waals surface area contributed by atoms with Crippen LogP contribution in [0.1, 0.15) is 39.5 Å². The van der Waals surface area contributed by atoms with Crippen LogP contribution >= 0.6 is 24.8 Å². The van der Waals surface area contributed by atoms with Gasteiger partial charge in [0.15, 0.2) is 0 Å². The lowest BCUT2D eigenvalue weighted by Crippen LogP contribution is -2.53. The average Bonchev–Trinajstić information content (AvgIpc) is 2.65. The molecule has 0 aromatic carbocycles. The molecule has 0 aliphatic carbocycles. The van der Waals surface area contributed by atoms with Crippen molar-refractivity contribution in [3.05, 3.63) is 0 Å². The highest BCUT2D eigenvalue weighted by Crippen LogP contribution is 2.32. The number of carbonyl (C=O) groups excluding carboxylic acids is 1. The zero-order chi connectivity index (χ0) is 17.4. The Kier molecular flexibility index (Phi) is 13.1. The Morgan fingerprint density at radius 1 is 1.19 bits per heavy atom. The normalized spacial score (nSPS) is 20.4. The molecule has 2 rings (SSSR count). The second kappa shape index (κ2) is 13.1. The number of nitrogens with two attached hydrogens (primary N) is 1. The summed E-state index contributed by atoms with van der Waals surface area (Å²) in [6.45, 7) is 11.6. The summed E-state index contributed by atoms with van der Waals surface area (Å²) in [6, 6.07) is 0. The summed E-state index contributed by atoms with van der Waals surface area (Å²) in [6.07, 6.45) is 3.65. The standard InChI is InChI=1S/C18H35N3O3.2ClH/c1-3-20(4-2)11-14-24-16-5-9-21(10-6-16)17(22)18(15-19)7-12-23-13-8-18;;/h16H,3-15,19H2,1-2H3;2*1H. The summed E-state index contributed by atoms with van der Waals surface area (Å²) < 4.78 is 11.4. The number of nitrogens with zero attached hydrogens (tertiary/aromatic N) is 2. The molecule has 6 nitrogen and oxygen atoms in total. The lowest BCUT2D eigenvalue weighted by molar-refractivity contribution is -0.149. The van der Waals surface area contributed by atoms with Crippen LogP contribution < -0.4 is 5.73 Å². The fourth-order valence-electron chi connectivity index (χ4n) is 3.72. The third-order valence-electron chi connectivity index (χ3n) is 5.68. The molecule has 0 bridgehead atoms. The lowest BCUT2D eigenvalue weighted by atomic mass is 9.78. The number of halogens is 2. The second-order valence-corrected chi connectivity index (χ2v) is 6.99. The van der Waals surface area contributed by atoms with Crippen molar-refractivity contribution in [2.24, 2.45) is 11.1 Å². The Balaban J connectivity index is 0.00000312. The van der Waals surface area contributed by atoms with Gasteiger partial charge in [-0.1, -0.05) is 13.8 Å². The van der Waals surface area contributed by atoms with Crippen LogP contribution in [0.3, 0.4) is 0 Å². The van der Waals surface area contributed by atoms with Gasteiger partial charge >= 0.3 is 0 Å². The predicted octanol–water partition coefficient (Wildman–Crippen LogP) is 1.93. The molecule has 2 aliphatic rings. The Hall–Kier alpha value is -0.110. The van der Waals surface area contributed by atoms with Gasteiger partial charge in [-0.3, -0.25) is 4.79 Å². The topological polar surface area (TPSA) is 68.0 Å². The maximum absolute atomic E-state index is 12.9. The number of piperidine rings is 1. The number of carbonyl (C=O) groups is 1. The molecule has 2 heterocycles. The number of likely N-dealkylation sites (tertiary alicyclic amines) is 1. The molecule has 26 heavy (non-hydrogen) atoms. The van der Waals surface area contributed by atoms with Crippen molar-refractivity contribution in [2.45, 2.75) is 45.6 Å². The number of hydrogen-bond donors (Lipinski definition) is 1. The molecule has 2 fully saturated rings. The maximum Gasteiger partial charge on any atom is 0.230 e. The van der Waals surface area contributed by atoms with E-state index in [1.807, 2.05) is 4.90 Å². The third-order valence-corrected chi connectivity index (χ3v) is 5.68. The first-order valence-corrected chi connectivity index (χ1v) is 9.56. The minimum Gasteiger partial charge on any atom is -0.381 e. The molecule has 0 saturated carbocycles. The molecule has 8 heteroatoms. The number of amides is 1. The van der Waals surface area contributed by atoms with Crippen LogP contribution in [0.4, 0.5) is 0 Å². The van der Waals surface area contributed by atoms with E-state index in [1.165, 1.54) is 0 Å². The zero-order valence-corrected chi connectivity index (χ0v) is 17.9. The van der Waals surface area contributed by atoms with Crippen molar-refractivity contribution >= 4 is 30.7 Å². The number of rotatable bonds is 8. The van der Waals surface area contributed by atoms with Gasteiger partial charge in [0.25, 0.3) is 0 Å². The fraction of sp³-hybridized carbons (Fsp3) is 0.944. The molecular weight excluding hydrogens is 377 g/mol. The Bertz CT molecular complexity index is 384. The van der Waals surface area contributed by atoms with Crippen LogP contribution in [0, 0.1) is 5.41 Å². The highest BCUT2D eigenvalue weighted by atomic mass is 35.5. The Morgan fingerprint density at radius 3 is 2.27 bits per heavy atom. The monoisotopic (exact) mass is 413 g/mol. The van der Waals surface area contributed by atoms with Crippen LogP contribution in [0.5, 0.6) is 0 Å². The van der Waals surface area contributed by atoms with E-state index in [2.05, 4.69) is 18.7 Å². The third kappa shape index (κ3) is 6.80.